The van der Waals surface area contributed by atoms with Crippen molar-refractivity contribution in [2.45, 2.75) is 56.5 Å². The van der Waals surface area contributed by atoms with Crippen molar-refractivity contribution < 1.29 is 39.6 Å². The maximum atomic E-state index is 14.2. The van der Waals surface area contributed by atoms with E-state index in [-0.39, 0.29) is 55.8 Å². The van der Waals surface area contributed by atoms with Crippen molar-refractivity contribution in [1.29, 1.82) is 0 Å². The van der Waals surface area contributed by atoms with E-state index in [0.29, 0.717) is 16.0 Å². The van der Waals surface area contributed by atoms with E-state index in [4.69, 9.17) is 22.9 Å². The molecule has 3 rings (SSSR count). The van der Waals surface area contributed by atoms with Gasteiger partial charge in [-0.1, -0.05) is 24.3 Å². The maximum absolute atomic E-state index is 14.2. The second-order valence-corrected chi connectivity index (χ2v) is 12.1. The van der Waals surface area contributed by atoms with Crippen LogP contribution in [0.15, 0.2) is 70.9 Å². The van der Waals surface area contributed by atoms with Crippen LogP contribution < -0.4 is 38.9 Å². The summed E-state index contributed by atoms with van der Waals surface area (Å²) < 4.78 is 0. The fraction of sp³-hybridized carbons (Fsp3) is 0.353. The van der Waals surface area contributed by atoms with Crippen LogP contribution in [0.3, 0.4) is 0 Å². The van der Waals surface area contributed by atoms with Gasteiger partial charge in [-0.2, -0.15) is 0 Å². The lowest BCUT2D eigenvalue weighted by atomic mass is 9.78. The third-order valence-electron chi connectivity index (χ3n) is 8.37. The first-order valence-electron chi connectivity index (χ1n) is 16.2. The molecule has 18 nitrogen and oxygen atoms in total. The standard InChI is InChI=1S/C34H46N10O8/c1-20(27(47)39-17-12-22-4-8-24(45)9-5-22)43-29(49)34(52)26(14-19-42-32(37)38)33(51,15-3-16-41-31(35)36)30(50)44(34)21(2)28(48)40-18-13-23-6-10-25(46)11-7-23/h4-13,17-18,20-21,26,45-46,51-52H,3,14-16,19H2,1-2H3,(H,39,47)(H,40,48)(H,43,49)(H4,35,36,41)(H4,37,38,42)/b17-12+,18-13-/t20-,21-,26+,33-,34-/m0/s1. The monoisotopic (exact) mass is 722 g/mol. The van der Waals surface area contributed by atoms with Crippen LogP contribution in [0.25, 0.3) is 12.2 Å². The Morgan fingerprint density at radius 1 is 0.827 bits per heavy atom. The third-order valence-corrected chi connectivity index (χ3v) is 8.37. The lowest BCUT2D eigenvalue weighted by molar-refractivity contribution is -0.180. The topological polar surface area (TPSA) is 317 Å². The molecule has 1 fully saturated rings. The molecular weight excluding hydrogens is 676 g/mol. The summed E-state index contributed by atoms with van der Waals surface area (Å²) in [4.78, 5) is 63.1. The molecule has 2 aromatic rings. The van der Waals surface area contributed by atoms with Crippen molar-refractivity contribution in [2.75, 3.05) is 13.1 Å². The fourth-order valence-electron chi connectivity index (χ4n) is 5.69. The minimum atomic E-state index is -2.92. The van der Waals surface area contributed by atoms with E-state index in [0.717, 1.165) is 0 Å². The number of phenolic OH excluding ortho intramolecular Hbond substituents is 2. The molecule has 0 aliphatic carbocycles. The van der Waals surface area contributed by atoms with Gasteiger partial charge in [0.05, 0.1) is 5.92 Å². The number of aliphatic hydroxyl groups is 2. The van der Waals surface area contributed by atoms with Crippen molar-refractivity contribution in [3.8, 4) is 11.5 Å². The molecule has 5 atom stereocenters. The average molecular weight is 723 g/mol. The molecule has 0 unspecified atom stereocenters. The maximum Gasteiger partial charge on any atom is 0.274 e. The summed E-state index contributed by atoms with van der Waals surface area (Å²) in [7, 11) is 0. The zero-order chi connectivity index (χ0) is 38.6. The predicted molar refractivity (Wildman–Crippen MR) is 193 cm³/mol. The number of likely N-dealkylation sites (tertiary alicyclic amines) is 1. The summed E-state index contributed by atoms with van der Waals surface area (Å²) in [6.07, 6.45) is 4.96. The van der Waals surface area contributed by atoms with Crippen LogP contribution in [0, 0.1) is 5.92 Å². The van der Waals surface area contributed by atoms with Gasteiger partial charge in [-0.05, 0) is 80.7 Å². The minimum absolute atomic E-state index is 0.0177. The summed E-state index contributed by atoms with van der Waals surface area (Å²) in [5.74, 6) is -6.07. The molecule has 2 aromatic carbocycles. The Kier molecular flexibility index (Phi) is 13.7. The molecule has 0 bridgehead atoms. The Bertz CT molecular complexity index is 1710. The normalized spacial score (nSPS) is 21.0. The fourth-order valence-corrected chi connectivity index (χ4v) is 5.69. The van der Waals surface area contributed by atoms with Gasteiger partial charge in [-0.3, -0.25) is 34.1 Å². The molecule has 1 saturated heterocycles. The molecule has 15 N–H and O–H groups in total. The Balaban J connectivity index is 1.97. The van der Waals surface area contributed by atoms with Crippen LogP contribution in [0.5, 0.6) is 11.5 Å². The molecule has 1 heterocycles. The van der Waals surface area contributed by atoms with Gasteiger partial charge in [-0.15, -0.1) is 0 Å². The summed E-state index contributed by atoms with van der Waals surface area (Å²) >= 11 is 0. The van der Waals surface area contributed by atoms with Gasteiger partial charge in [0.25, 0.3) is 11.8 Å². The minimum Gasteiger partial charge on any atom is -0.508 e. The quantitative estimate of drug-likeness (QED) is 0.0534. The number of amides is 4. The number of hydrogen-bond acceptors (Lipinski definition) is 10. The highest BCUT2D eigenvalue weighted by atomic mass is 16.4. The van der Waals surface area contributed by atoms with E-state index in [9.17, 15) is 39.6 Å². The Morgan fingerprint density at radius 2 is 1.31 bits per heavy atom. The van der Waals surface area contributed by atoms with Gasteiger partial charge in [-0.25, -0.2) is 0 Å². The van der Waals surface area contributed by atoms with Crippen LogP contribution in [0.1, 0.15) is 44.2 Å². The number of aliphatic imine (C=N–C) groups is 2. The molecule has 0 spiro atoms. The van der Waals surface area contributed by atoms with Crippen molar-refractivity contribution in [1.82, 2.24) is 20.9 Å². The molecule has 0 radical (unpaired) electrons. The largest absolute Gasteiger partial charge is 0.508 e. The highest BCUT2D eigenvalue weighted by molar-refractivity contribution is 6.02. The summed E-state index contributed by atoms with van der Waals surface area (Å²) in [5.41, 5.74) is 17.7. The van der Waals surface area contributed by atoms with Crippen LogP contribution in [-0.2, 0) is 19.2 Å². The molecule has 280 valence electrons. The van der Waals surface area contributed by atoms with E-state index < -0.39 is 53.0 Å². The number of nitrogens with two attached hydrogens (primary N) is 4. The first kappa shape index (κ1) is 40.3. The zero-order valence-corrected chi connectivity index (χ0v) is 28.8. The van der Waals surface area contributed by atoms with Gasteiger partial charge in [0.1, 0.15) is 23.6 Å². The zero-order valence-electron chi connectivity index (χ0n) is 28.8. The number of benzene rings is 2. The van der Waals surface area contributed by atoms with E-state index in [1.165, 1.54) is 62.7 Å². The number of nitrogens with zero attached hydrogens (tertiary/aromatic N) is 3. The summed E-state index contributed by atoms with van der Waals surface area (Å²) in [5, 5.41) is 50.8. The Labute approximate surface area is 300 Å². The molecule has 0 saturated carbocycles. The Hall–Kier alpha value is -6.14. The number of guanidine groups is 2. The molecule has 1 aliphatic heterocycles. The SMILES string of the molecule is C[C@H](NC(=O)[C@@]1(O)[C@H](CCN=C(N)N)[C@@](O)(CCCN=C(N)N)C(=O)N1[C@@H](C)C(=O)N/C=C\c1ccc(O)cc1)C(=O)N/C=C/c1ccc(O)cc1. The number of carbonyl (C=O) groups is 4. The number of nitrogens with one attached hydrogen (secondary N) is 3. The van der Waals surface area contributed by atoms with E-state index in [2.05, 4.69) is 25.9 Å². The van der Waals surface area contributed by atoms with Gasteiger partial charge in [0.15, 0.2) is 17.5 Å². The van der Waals surface area contributed by atoms with Crippen LogP contribution in [0.4, 0.5) is 0 Å². The van der Waals surface area contributed by atoms with Crippen molar-refractivity contribution in [3.63, 3.8) is 0 Å². The number of hydrogen-bond donors (Lipinski definition) is 11. The van der Waals surface area contributed by atoms with Gasteiger partial charge >= 0.3 is 0 Å². The number of rotatable bonds is 16. The first-order valence-corrected chi connectivity index (χ1v) is 16.2. The average Bonchev–Trinajstić information content (AvgIpc) is 3.26. The summed E-state index contributed by atoms with van der Waals surface area (Å²) in [6, 6.07) is 9.29. The van der Waals surface area contributed by atoms with Crippen molar-refractivity contribution in [2.24, 2.45) is 38.8 Å². The molecule has 18 heteroatoms. The van der Waals surface area contributed by atoms with E-state index in [1.54, 1.807) is 24.3 Å². The molecule has 4 amide bonds. The smallest absolute Gasteiger partial charge is 0.274 e. The Morgan fingerprint density at radius 3 is 1.81 bits per heavy atom. The molecular formula is C34H46N10O8. The van der Waals surface area contributed by atoms with Crippen LogP contribution in [0.2, 0.25) is 0 Å². The first-order chi connectivity index (χ1) is 24.5. The predicted octanol–water partition coefficient (Wildman–Crippen LogP) is -1.54. The number of aromatic hydroxyl groups is 2. The lowest BCUT2D eigenvalue weighted by Crippen LogP contribution is -2.65. The van der Waals surface area contributed by atoms with Crippen molar-refractivity contribution in [3.05, 3.63) is 72.1 Å². The second kappa shape index (κ2) is 17.7. The highest BCUT2D eigenvalue weighted by Gasteiger charge is 2.70. The summed E-state index contributed by atoms with van der Waals surface area (Å²) in [6.45, 7) is 2.32. The number of carbonyl (C=O) groups excluding carboxylic acids is 4. The molecule has 1 aliphatic rings. The van der Waals surface area contributed by atoms with Gasteiger partial charge < -0.3 is 59.3 Å². The van der Waals surface area contributed by atoms with Gasteiger partial charge in [0, 0.05) is 25.5 Å². The number of phenols is 2. The molecule has 0 aromatic heterocycles. The highest BCUT2D eigenvalue weighted by Crippen LogP contribution is 2.47. The van der Waals surface area contributed by atoms with Crippen LogP contribution in [-0.4, -0.2) is 97.4 Å². The van der Waals surface area contributed by atoms with Crippen LogP contribution >= 0.6 is 0 Å². The lowest BCUT2D eigenvalue weighted by Gasteiger charge is -2.39. The van der Waals surface area contributed by atoms with Gasteiger partial charge in [0.2, 0.25) is 17.5 Å². The third kappa shape index (κ3) is 9.98. The van der Waals surface area contributed by atoms with E-state index in [1.807, 2.05) is 0 Å². The molecule has 52 heavy (non-hydrogen) atoms. The van der Waals surface area contributed by atoms with E-state index >= 15 is 0 Å². The van der Waals surface area contributed by atoms with Crippen molar-refractivity contribution >= 4 is 47.7 Å². The second-order valence-electron chi connectivity index (χ2n) is 12.1.